The summed E-state index contributed by atoms with van der Waals surface area (Å²) >= 11 is 0. The Kier molecular flexibility index (Phi) is 4.69. The molecule has 1 amide bonds. The number of carbonyl (C=O) groups is 1. The predicted octanol–water partition coefficient (Wildman–Crippen LogP) is 3.95. The van der Waals surface area contributed by atoms with Crippen LogP contribution in [0, 0.1) is 5.92 Å². The van der Waals surface area contributed by atoms with Crippen molar-refractivity contribution in [3.63, 3.8) is 0 Å². The van der Waals surface area contributed by atoms with Crippen molar-refractivity contribution in [3.05, 3.63) is 53.5 Å². The van der Waals surface area contributed by atoms with Gasteiger partial charge >= 0.3 is 0 Å². The Labute approximate surface area is 141 Å². The molecular weight excluding hydrogens is 304 g/mol. The lowest BCUT2D eigenvalue weighted by Crippen LogP contribution is -2.17. The molecule has 2 aromatic rings. The van der Waals surface area contributed by atoms with E-state index in [4.69, 9.17) is 9.15 Å². The molecule has 1 heterocycles. The standard InChI is InChI=1S/C19H22N2O3/c1-12(2)23-15-6-4-14(5-7-15)19(22)21-20-11-16-8-9-18(24-16)17-10-13(17)3/h4-9,11-13,17H,10H2,1-3H3,(H,21,22)/b20-11-/t13-,17+/m1/s1. The van der Waals surface area contributed by atoms with Gasteiger partial charge in [-0.2, -0.15) is 5.10 Å². The van der Waals surface area contributed by atoms with Crippen LogP contribution < -0.4 is 10.2 Å². The minimum absolute atomic E-state index is 0.103. The fourth-order valence-corrected chi connectivity index (χ4v) is 2.53. The first-order valence-electron chi connectivity index (χ1n) is 8.23. The zero-order valence-electron chi connectivity index (χ0n) is 14.2. The van der Waals surface area contributed by atoms with Crippen LogP contribution in [0.4, 0.5) is 0 Å². The average Bonchev–Trinajstić information content (AvgIpc) is 3.08. The number of amides is 1. The zero-order chi connectivity index (χ0) is 17.1. The number of nitrogens with zero attached hydrogens (tertiary/aromatic N) is 1. The average molecular weight is 326 g/mol. The van der Waals surface area contributed by atoms with Crippen molar-refractivity contribution in [3.8, 4) is 5.75 Å². The fraction of sp³-hybridized carbons (Fsp3) is 0.368. The van der Waals surface area contributed by atoms with Gasteiger partial charge in [0.25, 0.3) is 5.91 Å². The molecule has 24 heavy (non-hydrogen) atoms. The molecule has 1 aliphatic rings. The van der Waals surface area contributed by atoms with E-state index in [2.05, 4.69) is 17.5 Å². The van der Waals surface area contributed by atoms with Crippen LogP contribution >= 0.6 is 0 Å². The van der Waals surface area contributed by atoms with Crippen molar-refractivity contribution >= 4 is 12.1 Å². The van der Waals surface area contributed by atoms with E-state index < -0.39 is 0 Å². The Balaban J connectivity index is 1.53. The summed E-state index contributed by atoms with van der Waals surface area (Å²) in [4.78, 5) is 12.0. The molecule has 5 heteroatoms. The zero-order valence-corrected chi connectivity index (χ0v) is 14.2. The van der Waals surface area contributed by atoms with E-state index in [1.807, 2.05) is 26.0 Å². The van der Waals surface area contributed by atoms with Crippen molar-refractivity contribution in [1.29, 1.82) is 0 Å². The van der Waals surface area contributed by atoms with E-state index in [9.17, 15) is 4.79 Å². The lowest BCUT2D eigenvalue weighted by molar-refractivity contribution is 0.0955. The third-order valence-corrected chi connectivity index (χ3v) is 3.97. The Morgan fingerprint density at radius 2 is 2.00 bits per heavy atom. The summed E-state index contributed by atoms with van der Waals surface area (Å²) in [5.74, 6) is 3.34. The summed E-state index contributed by atoms with van der Waals surface area (Å²) in [6.45, 7) is 6.12. The number of hydrogen-bond donors (Lipinski definition) is 1. The van der Waals surface area contributed by atoms with Crippen LogP contribution in [0.2, 0.25) is 0 Å². The number of furan rings is 1. The van der Waals surface area contributed by atoms with Crippen LogP contribution in [-0.4, -0.2) is 18.2 Å². The lowest BCUT2D eigenvalue weighted by Gasteiger charge is -2.09. The van der Waals surface area contributed by atoms with E-state index >= 15 is 0 Å². The number of ether oxygens (including phenoxy) is 1. The normalized spacial score (nSPS) is 19.7. The van der Waals surface area contributed by atoms with Crippen LogP contribution in [0.5, 0.6) is 5.75 Å². The van der Waals surface area contributed by atoms with Crippen molar-refractivity contribution in [2.24, 2.45) is 11.0 Å². The molecule has 0 saturated heterocycles. The van der Waals surface area contributed by atoms with Gasteiger partial charge in [0.15, 0.2) is 0 Å². The SMILES string of the molecule is CC(C)Oc1ccc(C(=O)N/N=C\c2ccc([C@H]3C[C@H]3C)o2)cc1. The van der Waals surface area contributed by atoms with Crippen molar-refractivity contribution in [2.45, 2.75) is 39.2 Å². The molecule has 1 N–H and O–H groups in total. The quantitative estimate of drug-likeness (QED) is 0.645. The summed E-state index contributed by atoms with van der Waals surface area (Å²) in [6, 6.07) is 10.8. The summed E-state index contributed by atoms with van der Waals surface area (Å²) in [5, 5.41) is 3.95. The van der Waals surface area contributed by atoms with Gasteiger partial charge < -0.3 is 9.15 Å². The molecule has 3 rings (SSSR count). The summed E-state index contributed by atoms with van der Waals surface area (Å²) in [5.41, 5.74) is 3.02. The number of rotatable bonds is 6. The van der Waals surface area contributed by atoms with Gasteiger partial charge in [-0.1, -0.05) is 6.92 Å². The van der Waals surface area contributed by atoms with Gasteiger partial charge in [0.1, 0.15) is 17.3 Å². The second kappa shape index (κ2) is 6.91. The van der Waals surface area contributed by atoms with E-state index in [0.29, 0.717) is 23.2 Å². The number of benzene rings is 1. The van der Waals surface area contributed by atoms with Crippen LogP contribution in [0.1, 0.15) is 55.0 Å². The minimum Gasteiger partial charge on any atom is -0.491 e. The molecule has 0 aliphatic heterocycles. The van der Waals surface area contributed by atoms with Gasteiger partial charge in [-0.25, -0.2) is 5.43 Å². The lowest BCUT2D eigenvalue weighted by atomic mass is 10.2. The van der Waals surface area contributed by atoms with Crippen molar-refractivity contribution in [1.82, 2.24) is 5.43 Å². The van der Waals surface area contributed by atoms with Crippen LogP contribution in [-0.2, 0) is 0 Å². The highest BCUT2D eigenvalue weighted by Gasteiger charge is 2.36. The minimum atomic E-state index is -0.273. The van der Waals surface area contributed by atoms with E-state index in [0.717, 1.165) is 11.5 Å². The molecule has 1 fully saturated rings. The predicted molar refractivity (Wildman–Crippen MR) is 92.5 cm³/mol. The summed E-state index contributed by atoms with van der Waals surface area (Å²) in [7, 11) is 0. The first-order chi connectivity index (χ1) is 11.5. The smallest absolute Gasteiger partial charge is 0.271 e. The highest BCUT2D eigenvalue weighted by molar-refractivity contribution is 5.94. The summed E-state index contributed by atoms with van der Waals surface area (Å²) < 4.78 is 11.2. The van der Waals surface area contributed by atoms with Gasteiger partial charge in [0.2, 0.25) is 0 Å². The van der Waals surface area contributed by atoms with Gasteiger partial charge in [0.05, 0.1) is 12.3 Å². The molecule has 2 atom stereocenters. The van der Waals surface area contributed by atoms with Gasteiger partial charge in [-0.3, -0.25) is 4.79 Å². The van der Waals surface area contributed by atoms with Crippen LogP contribution in [0.3, 0.4) is 0 Å². The molecule has 1 aliphatic carbocycles. The fourth-order valence-electron chi connectivity index (χ4n) is 2.53. The molecular formula is C19H22N2O3. The van der Waals surface area contributed by atoms with Crippen molar-refractivity contribution < 1.29 is 13.9 Å². The Morgan fingerprint density at radius 1 is 1.29 bits per heavy atom. The van der Waals surface area contributed by atoms with Gasteiger partial charge in [-0.15, -0.1) is 0 Å². The van der Waals surface area contributed by atoms with Crippen LogP contribution in [0.15, 0.2) is 45.9 Å². The second-order valence-electron chi connectivity index (χ2n) is 6.45. The molecule has 0 unspecified atom stereocenters. The third kappa shape index (κ3) is 4.04. The van der Waals surface area contributed by atoms with Gasteiger partial charge in [0, 0.05) is 11.5 Å². The summed E-state index contributed by atoms with van der Waals surface area (Å²) in [6.07, 6.45) is 2.80. The Hall–Kier alpha value is -2.56. The van der Waals surface area contributed by atoms with Crippen molar-refractivity contribution in [2.75, 3.05) is 0 Å². The number of hydrazone groups is 1. The van der Waals surface area contributed by atoms with E-state index in [-0.39, 0.29) is 12.0 Å². The molecule has 1 aromatic carbocycles. The highest BCUT2D eigenvalue weighted by Crippen LogP contribution is 2.47. The molecule has 5 nitrogen and oxygen atoms in total. The first-order valence-corrected chi connectivity index (χ1v) is 8.23. The third-order valence-electron chi connectivity index (χ3n) is 3.97. The largest absolute Gasteiger partial charge is 0.491 e. The van der Waals surface area contributed by atoms with Crippen LogP contribution in [0.25, 0.3) is 0 Å². The monoisotopic (exact) mass is 326 g/mol. The molecule has 1 saturated carbocycles. The molecule has 1 aromatic heterocycles. The maximum absolute atomic E-state index is 12.0. The van der Waals surface area contributed by atoms with E-state index in [1.54, 1.807) is 24.3 Å². The number of carbonyl (C=O) groups excluding carboxylic acids is 1. The topological polar surface area (TPSA) is 63.8 Å². The molecule has 126 valence electrons. The molecule has 0 bridgehead atoms. The maximum Gasteiger partial charge on any atom is 0.271 e. The Morgan fingerprint density at radius 3 is 2.62 bits per heavy atom. The second-order valence-corrected chi connectivity index (χ2v) is 6.45. The number of nitrogens with one attached hydrogen (secondary N) is 1. The maximum atomic E-state index is 12.0. The molecule has 0 radical (unpaired) electrons. The van der Waals surface area contributed by atoms with E-state index in [1.165, 1.54) is 12.6 Å². The first kappa shape index (κ1) is 16.3. The number of hydrogen-bond acceptors (Lipinski definition) is 4. The van der Waals surface area contributed by atoms with Gasteiger partial charge in [-0.05, 0) is 62.6 Å². The highest BCUT2D eigenvalue weighted by atomic mass is 16.5. The molecule has 0 spiro atoms. The Bertz CT molecular complexity index is 731.